The number of nitrogens with two attached hydrogens (primary N) is 1. The Morgan fingerprint density at radius 2 is 2.21 bits per heavy atom. The molecule has 0 radical (unpaired) electrons. The normalized spacial score (nSPS) is 11.4. The van der Waals surface area contributed by atoms with Gasteiger partial charge in [-0.25, -0.2) is 4.98 Å². The summed E-state index contributed by atoms with van der Waals surface area (Å²) in [5.74, 6) is -0.547. The summed E-state index contributed by atoms with van der Waals surface area (Å²) in [6.45, 7) is 0.348. The van der Waals surface area contributed by atoms with Crippen LogP contribution in [-0.2, 0) is 6.54 Å². The van der Waals surface area contributed by atoms with E-state index in [0.717, 1.165) is 5.56 Å². The van der Waals surface area contributed by atoms with Crippen LogP contribution in [-0.4, -0.2) is 4.98 Å². The van der Waals surface area contributed by atoms with Crippen molar-refractivity contribution in [1.82, 2.24) is 4.98 Å². The van der Waals surface area contributed by atoms with E-state index in [2.05, 4.69) is 4.98 Å². The summed E-state index contributed by atoms with van der Waals surface area (Å²) in [7, 11) is 0. The smallest absolute Gasteiger partial charge is 0.313 e. The van der Waals surface area contributed by atoms with Gasteiger partial charge in [-0.2, -0.15) is 8.78 Å². The molecular weight excluding hydrogens is 190 g/mol. The fraction of sp³-hybridized carbons (Fsp3) is 0.222. The van der Waals surface area contributed by atoms with Crippen LogP contribution in [0.5, 0.6) is 0 Å². The lowest BCUT2D eigenvalue weighted by molar-refractivity contribution is 0.117. The van der Waals surface area contributed by atoms with Gasteiger partial charge >= 0.3 is 6.43 Å². The first kappa shape index (κ1) is 9.08. The van der Waals surface area contributed by atoms with Gasteiger partial charge in [0.15, 0.2) is 5.58 Å². The molecular formula is C9H8F2N2O. The van der Waals surface area contributed by atoms with Gasteiger partial charge in [-0.3, -0.25) is 0 Å². The molecule has 0 saturated heterocycles. The van der Waals surface area contributed by atoms with Crippen LogP contribution in [0.2, 0.25) is 0 Å². The van der Waals surface area contributed by atoms with Crippen LogP contribution in [0.4, 0.5) is 8.78 Å². The molecule has 5 heteroatoms. The fourth-order valence-corrected chi connectivity index (χ4v) is 1.21. The maximum atomic E-state index is 12.2. The van der Waals surface area contributed by atoms with Gasteiger partial charge in [0.1, 0.15) is 5.52 Å². The van der Waals surface area contributed by atoms with Crippen LogP contribution < -0.4 is 5.73 Å². The number of benzene rings is 1. The summed E-state index contributed by atoms with van der Waals surface area (Å²) in [6, 6.07) is 4.97. The van der Waals surface area contributed by atoms with Gasteiger partial charge in [0.05, 0.1) is 0 Å². The first-order valence-corrected chi connectivity index (χ1v) is 4.08. The molecule has 1 aromatic carbocycles. The molecule has 2 aromatic rings. The first-order valence-electron chi connectivity index (χ1n) is 4.08. The van der Waals surface area contributed by atoms with Gasteiger partial charge in [0.2, 0.25) is 0 Å². The van der Waals surface area contributed by atoms with Crippen molar-refractivity contribution in [2.45, 2.75) is 13.0 Å². The maximum absolute atomic E-state index is 12.2. The monoisotopic (exact) mass is 198 g/mol. The number of aromatic nitrogens is 1. The van der Waals surface area contributed by atoms with Crippen LogP contribution in [0.3, 0.4) is 0 Å². The van der Waals surface area contributed by atoms with E-state index >= 15 is 0 Å². The second-order valence-electron chi connectivity index (χ2n) is 2.86. The SMILES string of the molecule is NCc1ccc2nc(C(F)F)oc2c1. The zero-order valence-corrected chi connectivity index (χ0v) is 7.21. The minimum Gasteiger partial charge on any atom is -0.435 e. The molecule has 0 bridgehead atoms. The number of nitrogens with zero attached hydrogens (tertiary/aromatic N) is 1. The van der Waals surface area contributed by atoms with Crippen molar-refractivity contribution in [2.75, 3.05) is 0 Å². The van der Waals surface area contributed by atoms with Crippen molar-refractivity contribution in [3.8, 4) is 0 Å². The number of fused-ring (bicyclic) bond motifs is 1. The molecule has 1 heterocycles. The van der Waals surface area contributed by atoms with Crippen molar-refractivity contribution in [3.63, 3.8) is 0 Å². The minimum absolute atomic E-state index is 0.348. The molecule has 0 fully saturated rings. The van der Waals surface area contributed by atoms with Crippen LogP contribution in [0.1, 0.15) is 17.9 Å². The lowest BCUT2D eigenvalue weighted by atomic mass is 10.2. The number of oxazole rings is 1. The van der Waals surface area contributed by atoms with Crippen LogP contribution in [0.15, 0.2) is 22.6 Å². The number of rotatable bonds is 2. The molecule has 3 nitrogen and oxygen atoms in total. The zero-order chi connectivity index (χ0) is 10.1. The Bertz CT molecular complexity index is 453. The number of hydrogen-bond donors (Lipinski definition) is 1. The highest BCUT2D eigenvalue weighted by Crippen LogP contribution is 2.23. The third-order valence-corrected chi connectivity index (χ3v) is 1.89. The second kappa shape index (κ2) is 3.34. The van der Waals surface area contributed by atoms with Gasteiger partial charge < -0.3 is 10.2 Å². The van der Waals surface area contributed by atoms with Crippen LogP contribution in [0.25, 0.3) is 11.1 Å². The molecule has 0 aliphatic rings. The summed E-state index contributed by atoms with van der Waals surface area (Å²) in [5, 5.41) is 0. The summed E-state index contributed by atoms with van der Waals surface area (Å²) in [4.78, 5) is 3.63. The lowest BCUT2D eigenvalue weighted by Gasteiger charge is -1.93. The Kier molecular flexibility index (Phi) is 2.17. The van der Waals surface area contributed by atoms with Gasteiger partial charge in [0, 0.05) is 6.54 Å². The zero-order valence-electron chi connectivity index (χ0n) is 7.21. The molecule has 0 saturated carbocycles. The molecule has 2 N–H and O–H groups in total. The Hall–Kier alpha value is -1.49. The van der Waals surface area contributed by atoms with Gasteiger partial charge in [-0.1, -0.05) is 6.07 Å². The van der Waals surface area contributed by atoms with Gasteiger partial charge in [0.25, 0.3) is 5.89 Å². The maximum Gasteiger partial charge on any atom is 0.313 e. The number of halogens is 2. The molecule has 1 aromatic heterocycles. The Labute approximate surface area is 78.5 Å². The molecule has 0 atom stereocenters. The highest BCUT2D eigenvalue weighted by molar-refractivity contribution is 5.73. The van der Waals surface area contributed by atoms with Crippen LogP contribution >= 0.6 is 0 Å². The predicted octanol–water partition coefficient (Wildman–Crippen LogP) is 2.22. The topological polar surface area (TPSA) is 52.0 Å². The largest absolute Gasteiger partial charge is 0.435 e. The first-order chi connectivity index (χ1) is 6.70. The molecule has 0 spiro atoms. The third-order valence-electron chi connectivity index (χ3n) is 1.89. The predicted molar refractivity (Wildman–Crippen MR) is 46.9 cm³/mol. The highest BCUT2D eigenvalue weighted by atomic mass is 19.3. The van der Waals surface area contributed by atoms with E-state index in [1.165, 1.54) is 0 Å². The summed E-state index contributed by atoms with van der Waals surface area (Å²) >= 11 is 0. The molecule has 0 unspecified atom stereocenters. The van der Waals surface area contributed by atoms with Crippen molar-refractivity contribution in [2.24, 2.45) is 5.73 Å². The average Bonchev–Trinajstić information content (AvgIpc) is 2.59. The summed E-state index contributed by atoms with van der Waals surface area (Å²) in [5.41, 5.74) is 7.00. The van der Waals surface area contributed by atoms with Crippen LogP contribution in [0, 0.1) is 0 Å². The summed E-state index contributed by atoms with van der Waals surface area (Å²) in [6.07, 6.45) is -2.68. The van der Waals surface area contributed by atoms with Crippen molar-refractivity contribution in [1.29, 1.82) is 0 Å². The molecule has 2 rings (SSSR count). The van der Waals surface area contributed by atoms with E-state index in [0.29, 0.717) is 17.6 Å². The van der Waals surface area contributed by atoms with E-state index in [4.69, 9.17) is 10.2 Å². The van der Waals surface area contributed by atoms with Crippen molar-refractivity contribution < 1.29 is 13.2 Å². The van der Waals surface area contributed by atoms with E-state index in [1.54, 1.807) is 18.2 Å². The number of hydrogen-bond acceptors (Lipinski definition) is 3. The second-order valence-corrected chi connectivity index (χ2v) is 2.86. The van der Waals surface area contributed by atoms with E-state index in [-0.39, 0.29) is 0 Å². The Balaban J connectivity index is 2.54. The van der Waals surface area contributed by atoms with Crippen molar-refractivity contribution in [3.05, 3.63) is 29.7 Å². The van der Waals surface area contributed by atoms with E-state index < -0.39 is 12.3 Å². The van der Waals surface area contributed by atoms with Gasteiger partial charge in [-0.05, 0) is 17.7 Å². The molecule has 0 aliphatic carbocycles. The average molecular weight is 198 g/mol. The highest BCUT2D eigenvalue weighted by Gasteiger charge is 2.15. The molecule has 14 heavy (non-hydrogen) atoms. The molecule has 0 aliphatic heterocycles. The molecule has 0 amide bonds. The Morgan fingerprint density at radius 1 is 1.43 bits per heavy atom. The fourth-order valence-electron chi connectivity index (χ4n) is 1.21. The van der Waals surface area contributed by atoms with Crippen molar-refractivity contribution >= 4 is 11.1 Å². The summed E-state index contributed by atoms with van der Waals surface area (Å²) < 4.78 is 29.3. The van der Waals surface area contributed by atoms with Gasteiger partial charge in [-0.15, -0.1) is 0 Å². The van der Waals surface area contributed by atoms with E-state index in [1.807, 2.05) is 0 Å². The lowest BCUT2D eigenvalue weighted by Crippen LogP contribution is -1.94. The van der Waals surface area contributed by atoms with E-state index in [9.17, 15) is 8.78 Å². The quantitative estimate of drug-likeness (QED) is 0.804. The minimum atomic E-state index is -2.68. The Morgan fingerprint density at radius 3 is 2.86 bits per heavy atom. The standard InChI is InChI=1S/C9H8F2N2O/c10-8(11)9-13-6-2-1-5(4-12)3-7(6)14-9/h1-3,8H,4,12H2. The molecule has 74 valence electrons. The number of alkyl halides is 2. The third kappa shape index (κ3) is 1.46.